The van der Waals surface area contributed by atoms with Crippen LogP contribution in [0.25, 0.3) is 0 Å². The van der Waals surface area contributed by atoms with Crippen LogP contribution in [0.2, 0.25) is 0 Å². The fourth-order valence-electron chi connectivity index (χ4n) is 0.441. The number of aliphatic hydroxyl groups excluding tert-OH is 1. The third-order valence-electron chi connectivity index (χ3n) is 0.865. The lowest BCUT2D eigenvalue weighted by atomic mass is 10.2. The van der Waals surface area contributed by atoms with Crippen molar-refractivity contribution in [2.75, 3.05) is 0 Å². The van der Waals surface area contributed by atoms with Gasteiger partial charge in [0.2, 0.25) is 6.43 Å². The Hall–Kier alpha value is 0.0400. The van der Waals surface area contributed by atoms with Gasteiger partial charge in [0.25, 0.3) is 0 Å². The second-order valence-electron chi connectivity index (χ2n) is 1.76. The SMILES string of the molecule is Cl.OC(F)CCCC(F)F. The summed E-state index contributed by atoms with van der Waals surface area (Å²) in [6.45, 7) is 0. The maximum absolute atomic E-state index is 11.5. The lowest BCUT2D eigenvalue weighted by Gasteiger charge is -1.98. The first-order valence-electron chi connectivity index (χ1n) is 2.73. The molecule has 10 heavy (non-hydrogen) atoms. The second kappa shape index (κ2) is 7.15. The lowest BCUT2D eigenvalue weighted by molar-refractivity contribution is 0.0272. The van der Waals surface area contributed by atoms with Crippen molar-refractivity contribution in [2.24, 2.45) is 0 Å². The van der Waals surface area contributed by atoms with Gasteiger partial charge in [0.1, 0.15) is 0 Å². The van der Waals surface area contributed by atoms with Crippen LogP contribution in [0.15, 0.2) is 0 Å². The van der Waals surface area contributed by atoms with E-state index in [1.807, 2.05) is 0 Å². The molecule has 0 heterocycles. The van der Waals surface area contributed by atoms with Crippen molar-refractivity contribution < 1.29 is 18.3 Å². The van der Waals surface area contributed by atoms with Crippen molar-refractivity contribution >= 4 is 12.4 Å². The predicted octanol–water partition coefficient (Wildman–Crippen LogP) is 2.13. The van der Waals surface area contributed by atoms with Gasteiger partial charge in [0, 0.05) is 12.8 Å². The molecule has 1 atom stereocenters. The highest BCUT2D eigenvalue weighted by Crippen LogP contribution is 2.07. The molecule has 0 aromatic heterocycles. The Morgan fingerprint density at radius 3 is 1.90 bits per heavy atom. The van der Waals surface area contributed by atoms with Crippen molar-refractivity contribution in [3.8, 4) is 0 Å². The summed E-state index contributed by atoms with van der Waals surface area (Å²) in [6.07, 6.45) is -4.81. The number of rotatable bonds is 4. The first-order chi connectivity index (χ1) is 4.13. The van der Waals surface area contributed by atoms with E-state index in [1.54, 1.807) is 0 Å². The Kier molecular flexibility index (Phi) is 9.08. The molecule has 0 bridgehead atoms. The summed E-state index contributed by atoms with van der Waals surface area (Å²) in [4.78, 5) is 0. The van der Waals surface area contributed by atoms with Gasteiger partial charge in [-0.2, -0.15) is 0 Å². The van der Waals surface area contributed by atoms with Crippen molar-refractivity contribution in [1.82, 2.24) is 0 Å². The first kappa shape index (κ1) is 12.7. The standard InChI is InChI=1S/C5H9F3O.ClH/c6-4(7)2-1-3-5(8)9;/h4-5,9H,1-3H2;1H. The molecule has 0 saturated carbocycles. The molecule has 0 aliphatic carbocycles. The van der Waals surface area contributed by atoms with Crippen molar-refractivity contribution in [3.63, 3.8) is 0 Å². The molecule has 0 amide bonds. The zero-order valence-corrected chi connectivity index (χ0v) is 6.08. The summed E-state index contributed by atoms with van der Waals surface area (Å²) < 4.78 is 34.0. The average Bonchev–Trinajstić information content (AvgIpc) is 1.63. The summed E-state index contributed by atoms with van der Waals surface area (Å²) in [5.74, 6) is 0. The molecular weight excluding hydrogens is 169 g/mol. The quantitative estimate of drug-likeness (QED) is 0.699. The van der Waals surface area contributed by atoms with E-state index >= 15 is 0 Å². The minimum atomic E-state index is -2.39. The summed E-state index contributed by atoms with van der Waals surface area (Å²) in [5.41, 5.74) is 0. The largest absolute Gasteiger partial charge is 0.364 e. The summed E-state index contributed by atoms with van der Waals surface area (Å²) in [5, 5.41) is 7.95. The number of hydrogen-bond donors (Lipinski definition) is 1. The molecular formula is C5H10ClF3O. The summed E-state index contributed by atoms with van der Waals surface area (Å²) in [7, 11) is 0. The fraction of sp³-hybridized carbons (Fsp3) is 1.00. The highest BCUT2D eigenvalue weighted by Gasteiger charge is 2.04. The Morgan fingerprint density at radius 1 is 1.10 bits per heavy atom. The smallest absolute Gasteiger partial charge is 0.238 e. The van der Waals surface area contributed by atoms with E-state index in [1.165, 1.54) is 0 Å². The molecule has 1 unspecified atom stereocenters. The van der Waals surface area contributed by atoms with Gasteiger partial charge in [-0.05, 0) is 6.42 Å². The minimum absolute atomic E-state index is 0. The molecule has 0 saturated heterocycles. The molecule has 0 aromatic carbocycles. The van der Waals surface area contributed by atoms with Gasteiger partial charge in [-0.15, -0.1) is 12.4 Å². The Morgan fingerprint density at radius 2 is 1.60 bits per heavy atom. The van der Waals surface area contributed by atoms with Crippen LogP contribution in [0.3, 0.4) is 0 Å². The van der Waals surface area contributed by atoms with E-state index in [2.05, 4.69) is 0 Å². The zero-order valence-electron chi connectivity index (χ0n) is 5.27. The third kappa shape index (κ3) is 10.9. The Balaban J connectivity index is 0. The highest BCUT2D eigenvalue weighted by molar-refractivity contribution is 5.85. The Bertz CT molecular complexity index is 61.9. The maximum Gasteiger partial charge on any atom is 0.238 e. The second-order valence-corrected chi connectivity index (χ2v) is 1.76. The predicted molar refractivity (Wildman–Crippen MR) is 34.2 cm³/mol. The maximum atomic E-state index is 11.5. The monoisotopic (exact) mass is 178 g/mol. The molecule has 0 aliphatic heterocycles. The van der Waals surface area contributed by atoms with Crippen LogP contribution in [0, 0.1) is 0 Å². The number of hydrogen-bond acceptors (Lipinski definition) is 1. The molecule has 0 rings (SSSR count). The zero-order chi connectivity index (χ0) is 7.28. The fourth-order valence-corrected chi connectivity index (χ4v) is 0.441. The van der Waals surface area contributed by atoms with Crippen LogP contribution in [0.5, 0.6) is 0 Å². The normalized spacial score (nSPS) is 12.9. The molecule has 1 nitrogen and oxygen atoms in total. The van der Waals surface area contributed by atoms with E-state index in [4.69, 9.17) is 5.11 Å². The van der Waals surface area contributed by atoms with Gasteiger partial charge in [-0.25, -0.2) is 13.2 Å². The lowest BCUT2D eigenvalue weighted by Crippen LogP contribution is -1.98. The molecule has 0 fully saturated rings. The van der Waals surface area contributed by atoms with E-state index in [0.717, 1.165) is 0 Å². The van der Waals surface area contributed by atoms with Crippen LogP contribution >= 0.6 is 12.4 Å². The Labute approximate surface area is 63.6 Å². The summed E-state index contributed by atoms with van der Waals surface area (Å²) >= 11 is 0. The van der Waals surface area contributed by atoms with Crippen molar-refractivity contribution in [1.29, 1.82) is 0 Å². The third-order valence-corrected chi connectivity index (χ3v) is 0.865. The average molecular weight is 179 g/mol. The van der Waals surface area contributed by atoms with Crippen LogP contribution < -0.4 is 0 Å². The number of halogens is 4. The first-order valence-corrected chi connectivity index (χ1v) is 2.73. The summed E-state index contributed by atoms with van der Waals surface area (Å²) in [6, 6.07) is 0. The molecule has 0 spiro atoms. The molecule has 0 radical (unpaired) electrons. The number of alkyl halides is 3. The van der Waals surface area contributed by atoms with E-state index < -0.39 is 12.8 Å². The molecule has 1 N–H and O–H groups in total. The van der Waals surface area contributed by atoms with E-state index in [-0.39, 0.29) is 31.7 Å². The van der Waals surface area contributed by atoms with Gasteiger partial charge >= 0.3 is 0 Å². The van der Waals surface area contributed by atoms with E-state index in [0.29, 0.717) is 0 Å². The van der Waals surface area contributed by atoms with Gasteiger partial charge in [-0.1, -0.05) is 0 Å². The topological polar surface area (TPSA) is 20.2 Å². The minimum Gasteiger partial charge on any atom is -0.364 e. The molecule has 64 valence electrons. The van der Waals surface area contributed by atoms with Crippen LogP contribution in [0.1, 0.15) is 19.3 Å². The van der Waals surface area contributed by atoms with Crippen LogP contribution in [-0.4, -0.2) is 17.9 Å². The van der Waals surface area contributed by atoms with Gasteiger partial charge < -0.3 is 5.11 Å². The van der Waals surface area contributed by atoms with Crippen molar-refractivity contribution in [2.45, 2.75) is 32.0 Å². The number of aliphatic hydroxyl groups is 1. The highest BCUT2D eigenvalue weighted by atomic mass is 35.5. The molecule has 5 heteroatoms. The van der Waals surface area contributed by atoms with Gasteiger partial charge in [-0.3, -0.25) is 0 Å². The van der Waals surface area contributed by atoms with Gasteiger partial charge in [0.15, 0.2) is 6.36 Å². The van der Waals surface area contributed by atoms with E-state index in [9.17, 15) is 13.2 Å². The molecule has 0 aliphatic rings. The van der Waals surface area contributed by atoms with Crippen molar-refractivity contribution in [3.05, 3.63) is 0 Å². The van der Waals surface area contributed by atoms with Gasteiger partial charge in [0.05, 0.1) is 0 Å². The van der Waals surface area contributed by atoms with Crippen LogP contribution in [-0.2, 0) is 0 Å². The molecule has 0 aromatic rings. The van der Waals surface area contributed by atoms with Crippen LogP contribution in [0.4, 0.5) is 13.2 Å².